The summed E-state index contributed by atoms with van der Waals surface area (Å²) in [5.74, 6) is -0.0578. The molecule has 1 saturated carbocycles. The van der Waals surface area contributed by atoms with Crippen LogP contribution in [0.25, 0.3) is 0 Å². The predicted molar refractivity (Wildman–Crippen MR) is 110 cm³/mol. The predicted octanol–water partition coefficient (Wildman–Crippen LogP) is 5.76. The lowest BCUT2D eigenvalue weighted by atomic mass is 9.88. The van der Waals surface area contributed by atoms with Gasteiger partial charge in [-0.15, -0.1) is 0 Å². The Bertz CT molecular complexity index is 684. The Morgan fingerprint density at radius 2 is 1.33 bits per heavy atom. The molecule has 0 radical (unpaired) electrons. The van der Waals surface area contributed by atoms with Gasteiger partial charge >= 0.3 is 7.60 Å². The van der Waals surface area contributed by atoms with Crippen LogP contribution in [0.4, 0.5) is 0 Å². The minimum Gasteiger partial charge on any atom is -0.311 e. The molecule has 1 aliphatic rings. The van der Waals surface area contributed by atoms with Crippen molar-refractivity contribution in [1.29, 1.82) is 0 Å². The molecule has 2 aromatic carbocycles. The molecule has 3 rings (SSSR count). The Morgan fingerprint density at radius 3 is 1.78 bits per heavy atom. The van der Waals surface area contributed by atoms with E-state index in [4.69, 9.17) is 9.05 Å². The van der Waals surface area contributed by atoms with Crippen molar-refractivity contribution in [2.24, 2.45) is 5.92 Å². The summed E-state index contributed by atoms with van der Waals surface area (Å²) in [6.45, 7) is 0. The van der Waals surface area contributed by atoms with Crippen LogP contribution in [0.1, 0.15) is 49.3 Å². The van der Waals surface area contributed by atoms with E-state index in [0.29, 0.717) is 0 Å². The van der Waals surface area contributed by atoms with E-state index in [2.05, 4.69) is 29.6 Å². The van der Waals surface area contributed by atoms with Crippen LogP contribution in [0.2, 0.25) is 0 Å². The first kappa shape index (κ1) is 20.3. The molecule has 1 N–H and O–H groups in total. The summed E-state index contributed by atoms with van der Waals surface area (Å²) in [6.07, 6.45) is 5.67. The molecule has 4 nitrogen and oxygen atoms in total. The van der Waals surface area contributed by atoms with E-state index in [9.17, 15) is 4.57 Å². The van der Waals surface area contributed by atoms with Crippen LogP contribution in [-0.4, -0.2) is 20.0 Å². The van der Waals surface area contributed by atoms with Crippen LogP contribution in [0, 0.1) is 5.92 Å². The van der Waals surface area contributed by atoms with Crippen molar-refractivity contribution >= 4 is 7.60 Å². The van der Waals surface area contributed by atoms with Gasteiger partial charge in [0.2, 0.25) is 0 Å². The molecule has 0 heterocycles. The van der Waals surface area contributed by atoms with Crippen LogP contribution in [0.15, 0.2) is 60.7 Å². The Hall–Kier alpha value is -1.45. The average molecular weight is 387 g/mol. The molecule has 0 aliphatic heterocycles. The fourth-order valence-electron chi connectivity index (χ4n) is 4.08. The van der Waals surface area contributed by atoms with Crippen molar-refractivity contribution in [2.75, 3.05) is 14.2 Å². The number of rotatable bonds is 8. The quantitative estimate of drug-likeness (QED) is 0.585. The van der Waals surface area contributed by atoms with E-state index in [1.807, 2.05) is 36.4 Å². The van der Waals surface area contributed by atoms with E-state index >= 15 is 0 Å². The molecule has 0 unspecified atom stereocenters. The SMILES string of the molecule is COP(=O)(OC)[C@@H](NC(c1ccccc1)c1ccccc1)C1CCCCC1. The second-order valence-electron chi connectivity index (χ2n) is 7.17. The van der Waals surface area contributed by atoms with E-state index in [1.54, 1.807) is 0 Å². The smallest absolute Gasteiger partial charge is 0.311 e. The van der Waals surface area contributed by atoms with E-state index in [0.717, 1.165) is 36.8 Å². The highest BCUT2D eigenvalue weighted by Crippen LogP contribution is 2.56. The Kier molecular flexibility index (Phi) is 7.26. The molecular weight excluding hydrogens is 357 g/mol. The molecule has 146 valence electrons. The molecule has 1 atom stereocenters. The molecule has 27 heavy (non-hydrogen) atoms. The summed E-state index contributed by atoms with van der Waals surface area (Å²) in [6, 6.07) is 20.5. The largest absolute Gasteiger partial charge is 0.347 e. The summed E-state index contributed by atoms with van der Waals surface area (Å²) in [5, 5.41) is 3.69. The zero-order valence-corrected chi connectivity index (χ0v) is 17.1. The van der Waals surface area contributed by atoms with Crippen molar-refractivity contribution < 1.29 is 13.6 Å². The van der Waals surface area contributed by atoms with Gasteiger partial charge < -0.3 is 9.05 Å². The van der Waals surface area contributed by atoms with Gasteiger partial charge in [-0.25, -0.2) is 0 Å². The normalized spacial score (nSPS) is 17.1. The van der Waals surface area contributed by atoms with Crippen molar-refractivity contribution in [3.8, 4) is 0 Å². The fourth-order valence-corrected chi connectivity index (χ4v) is 5.83. The van der Waals surface area contributed by atoms with Gasteiger partial charge in [0.25, 0.3) is 0 Å². The van der Waals surface area contributed by atoms with Crippen molar-refractivity contribution in [3.05, 3.63) is 71.8 Å². The van der Waals surface area contributed by atoms with E-state index in [1.165, 1.54) is 20.6 Å². The topological polar surface area (TPSA) is 47.6 Å². The molecule has 0 saturated heterocycles. The lowest BCUT2D eigenvalue weighted by Crippen LogP contribution is -2.40. The zero-order valence-electron chi connectivity index (χ0n) is 16.2. The molecule has 2 aromatic rings. The maximum atomic E-state index is 13.4. The van der Waals surface area contributed by atoms with Crippen LogP contribution in [0.5, 0.6) is 0 Å². The van der Waals surface area contributed by atoms with Crippen LogP contribution in [0.3, 0.4) is 0 Å². The molecule has 1 fully saturated rings. The summed E-state index contributed by atoms with van der Waals surface area (Å²) >= 11 is 0. The summed E-state index contributed by atoms with van der Waals surface area (Å²) in [4.78, 5) is 0. The molecule has 0 amide bonds. The maximum absolute atomic E-state index is 13.4. The van der Waals surface area contributed by atoms with Crippen molar-refractivity contribution in [1.82, 2.24) is 5.32 Å². The monoisotopic (exact) mass is 387 g/mol. The third-order valence-electron chi connectivity index (χ3n) is 5.55. The first-order valence-corrected chi connectivity index (χ1v) is 11.4. The van der Waals surface area contributed by atoms with Crippen molar-refractivity contribution in [3.63, 3.8) is 0 Å². The highest BCUT2D eigenvalue weighted by molar-refractivity contribution is 7.54. The molecule has 5 heteroatoms. The lowest BCUT2D eigenvalue weighted by Gasteiger charge is -2.37. The molecule has 0 aromatic heterocycles. The van der Waals surface area contributed by atoms with Gasteiger partial charge in [-0.3, -0.25) is 9.88 Å². The minimum absolute atomic E-state index is 0.0713. The Balaban J connectivity index is 1.97. The molecule has 0 spiro atoms. The minimum atomic E-state index is -3.27. The zero-order chi connectivity index (χ0) is 19.1. The first-order valence-electron chi connectivity index (χ1n) is 9.75. The lowest BCUT2D eigenvalue weighted by molar-refractivity contribution is 0.220. The van der Waals surface area contributed by atoms with Gasteiger partial charge in [-0.2, -0.15) is 0 Å². The van der Waals surface area contributed by atoms with Gasteiger partial charge in [-0.05, 0) is 29.9 Å². The molecule has 0 bridgehead atoms. The van der Waals surface area contributed by atoms with Gasteiger partial charge in [0.1, 0.15) is 5.78 Å². The third kappa shape index (κ3) is 4.89. The molecular formula is C22H30NO3P. The summed E-state index contributed by atoms with van der Waals surface area (Å²) in [5.41, 5.74) is 2.28. The first-order chi connectivity index (χ1) is 13.2. The number of nitrogens with one attached hydrogen (secondary N) is 1. The van der Waals surface area contributed by atoms with Crippen molar-refractivity contribution in [2.45, 2.75) is 43.9 Å². The number of benzene rings is 2. The number of hydrogen-bond donors (Lipinski definition) is 1. The highest BCUT2D eigenvalue weighted by Gasteiger charge is 2.41. The Morgan fingerprint density at radius 1 is 0.852 bits per heavy atom. The highest BCUT2D eigenvalue weighted by atomic mass is 31.2. The van der Waals surface area contributed by atoms with Crippen LogP contribution in [-0.2, 0) is 13.6 Å². The fraction of sp³-hybridized carbons (Fsp3) is 0.455. The summed E-state index contributed by atoms with van der Waals surface area (Å²) in [7, 11) is -0.290. The van der Waals surface area contributed by atoms with Gasteiger partial charge in [0.15, 0.2) is 0 Å². The third-order valence-corrected chi connectivity index (χ3v) is 7.82. The number of hydrogen-bond acceptors (Lipinski definition) is 4. The molecule has 1 aliphatic carbocycles. The maximum Gasteiger partial charge on any atom is 0.347 e. The average Bonchev–Trinajstić information content (AvgIpc) is 2.76. The van der Waals surface area contributed by atoms with E-state index in [-0.39, 0.29) is 17.7 Å². The van der Waals surface area contributed by atoms with Crippen LogP contribution >= 0.6 is 7.60 Å². The van der Waals surface area contributed by atoms with Gasteiger partial charge in [0.05, 0.1) is 6.04 Å². The van der Waals surface area contributed by atoms with Gasteiger partial charge in [-0.1, -0.05) is 79.9 Å². The van der Waals surface area contributed by atoms with Crippen LogP contribution < -0.4 is 5.32 Å². The second-order valence-corrected chi connectivity index (χ2v) is 9.54. The van der Waals surface area contributed by atoms with Gasteiger partial charge in [0, 0.05) is 14.2 Å². The second kappa shape index (κ2) is 9.66. The summed E-state index contributed by atoms with van der Waals surface area (Å²) < 4.78 is 24.3. The standard InChI is InChI=1S/C22H30NO3P/c1-25-27(24,26-2)22(20-16-10-5-11-17-20)23-21(18-12-6-3-7-13-18)19-14-8-4-9-15-19/h3-4,6-9,12-15,20-23H,5,10-11,16-17H2,1-2H3/t22-/m1/s1. The Labute approximate surface area is 162 Å². The van der Waals surface area contributed by atoms with E-state index < -0.39 is 7.60 Å².